The molecular formula is C22H22F3N3O3S2. The van der Waals surface area contributed by atoms with Crippen LogP contribution in [0, 0.1) is 0 Å². The zero-order chi connectivity index (χ0) is 23.8. The van der Waals surface area contributed by atoms with Crippen molar-refractivity contribution < 1.29 is 26.4 Å². The maximum absolute atomic E-state index is 13.2. The Labute approximate surface area is 193 Å². The van der Waals surface area contributed by atoms with Gasteiger partial charge in [-0.3, -0.25) is 4.79 Å². The van der Waals surface area contributed by atoms with Crippen molar-refractivity contribution in [1.29, 1.82) is 0 Å². The minimum absolute atomic E-state index is 0.00269. The Morgan fingerprint density at radius 2 is 1.94 bits per heavy atom. The number of carbonyl (C=O) groups excluding carboxylic acids is 1. The number of halogens is 3. The highest BCUT2D eigenvalue weighted by Crippen LogP contribution is 2.33. The average Bonchev–Trinajstić information content (AvgIpc) is 3.30. The number of benzene rings is 2. The lowest BCUT2D eigenvalue weighted by molar-refractivity contribution is -0.137. The summed E-state index contributed by atoms with van der Waals surface area (Å²) in [7, 11) is -1.54. The van der Waals surface area contributed by atoms with Gasteiger partial charge < -0.3 is 9.47 Å². The first-order valence-corrected chi connectivity index (χ1v) is 13.0. The fourth-order valence-electron chi connectivity index (χ4n) is 3.83. The molecule has 0 N–H and O–H groups in total. The highest BCUT2D eigenvalue weighted by molar-refractivity contribution is 7.99. The lowest BCUT2D eigenvalue weighted by atomic mass is 10.2. The molecule has 0 saturated carbocycles. The second-order valence-corrected chi connectivity index (χ2v) is 11.2. The van der Waals surface area contributed by atoms with Crippen molar-refractivity contribution in [2.75, 3.05) is 24.3 Å². The van der Waals surface area contributed by atoms with Crippen molar-refractivity contribution in [3.8, 4) is 0 Å². The van der Waals surface area contributed by atoms with Crippen LogP contribution >= 0.6 is 11.8 Å². The van der Waals surface area contributed by atoms with Crippen LogP contribution in [0.25, 0.3) is 11.0 Å². The van der Waals surface area contributed by atoms with E-state index in [2.05, 4.69) is 4.98 Å². The third kappa shape index (κ3) is 5.35. The number of nitrogens with zero attached hydrogens (tertiary/aromatic N) is 3. The molecule has 0 aliphatic carbocycles. The Kier molecular flexibility index (Phi) is 6.45. The smallest absolute Gasteiger partial charge is 0.341 e. The van der Waals surface area contributed by atoms with Crippen LogP contribution in [0.4, 0.5) is 13.2 Å². The summed E-state index contributed by atoms with van der Waals surface area (Å²) >= 11 is 1.13. The molecule has 0 unspecified atom stereocenters. The summed E-state index contributed by atoms with van der Waals surface area (Å²) in [6.07, 6.45) is -4.08. The number of amides is 1. The second-order valence-electron chi connectivity index (χ2n) is 8.02. The predicted octanol–water partition coefficient (Wildman–Crippen LogP) is 3.84. The molecule has 0 radical (unpaired) electrons. The number of sulfone groups is 1. The molecule has 1 aliphatic heterocycles. The quantitative estimate of drug-likeness (QED) is 0.484. The number of alkyl halides is 3. The molecule has 176 valence electrons. The molecule has 1 aliphatic rings. The molecule has 11 heteroatoms. The minimum atomic E-state index is -4.48. The topological polar surface area (TPSA) is 72.3 Å². The molecule has 1 aromatic heterocycles. The van der Waals surface area contributed by atoms with Gasteiger partial charge in [0.2, 0.25) is 5.91 Å². The van der Waals surface area contributed by atoms with E-state index in [0.29, 0.717) is 23.6 Å². The highest BCUT2D eigenvalue weighted by atomic mass is 32.2. The molecule has 1 amide bonds. The minimum Gasteiger partial charge on any atom is -0.341 e. The summed E-state index contributed by atoms with van der Waals surface area (Å²) in [5.41, 5.74) is 0.898. The fraction of sp³-hybridized carbons (Fsp3) is 0.364. The molecule has 1 fully saturated rings. The Bertz CT molecular complexity index is 1270. The van der Waals surface area contributed by atoms with Crippen LogP contribution in [-0.2, 0) is 27.4 Å². The first-order chi connectivity index (χ1) is 15.5. The normalized spacial score (nSPS) is 18.0. The summed E-state index contributed by atoms with van der Waals surface area (Å²) in [5, 5.41) is 0.425. The summed E-state index contributed by atoms with van der Waals surface area (Å²) in [6, 6.07) is 12.5. The lowest BCUT2D eigenvalue weighted by Crippen LogP contribution is -2.38. The molecule has 3 aromatic rings. The molecule has 0 bridgehead atoms. The van der Waals surface area contributed by atoms with Gasteiger partial charge in [0, 0.05) is 13.1 Å². The van der Waals surface area contributed by atoms with Crippen molar-refractivity contribution in [3.63, 3.8) is 0 Å². The van der Waals surface area contributed by atoms with Crippen LogP contribution in [0.3, 0.4) is 0 Å². The van der Waals surface area contributed by atoms with Crippen LogP contribution in [0.15, 0.2) is 53.7 Å². The van der Waals surface area contributed by atoms with E-state index in [4.69, 9.17) is 0 Å². The number of fused-ring (bicyclic) bond motifs is 1. The first kappa shape index (κ1) is 23.6. The van der Waals surface area contributed by atoms with Crippen molar-refractivity contribution in [3.05, 3.63) is 59.7 Å². The van der Waals surface area contributed by atoms with Crippen molar-refractivity contribution >= 4 is 38.5 Å². The van der Waals surface area contributed by atoms with Crippen LogP contribution in [0.1, 0.15) is 17.5 Å². The molecule has 0 spiro atoms. The Morgan fingerprint density at radius 1 is 1.21 bits per heavy atom. The average molecular weight is 498 g/mol. The van der Waals surface area contributed by atoms with E-state index in [1.165, 1.54) is 11.0 Å². The largest absolute Gasteiger partial charge is 0.416 e. The van der Waals surface area contributed by atoms with E-state index >= 15 is 0 Å². The maximum Gasteiger partial charge on any atom is 0.416 e. The molecule has 6 nitrogen and oxygen atoms in total. The summed E-state index contributed by atoms with van der Waals surface area (Å²) in [4.78, 5) is 18.6. The fourth-order valence-corrected chi connectivity index (χ4v) is 6.54. The predicted molar refractivity (Wildman–Crippen MR) is 121 cm³/mol. The standard InChI is InChI=1S/C22H22F3N3O3S2/c1-27(17-9-10-33(30,31)14-17)20(29)13-32-21-26-18-11-16(22(23,24)25)7-8-19(18)28(21)12-15-5-3-2-4-6-15/h2-8,11,17H,9-10,12-14H2,1H3/t17-/m1/s1. The van der Waals surface area contributed by atoms with Crippen molar-refractivity contribution in [1.82, 2.24) is 14.5 Å². The Hall–Kier alpha value is -2.53. The van der Waals surface area contributed by atoms with Gasteiger partial charge >= 0.3 is 6.18 Å². The summed E-state index contributed by atoms with van der Waals surface area (Å²) in [6.45, 7) is 0.385. The second kappa shape index (κ2) is 9.02. The number of rotatable bonds is 6. The van der Waals surface area contributed by atoms with E-state index in [1.54, 1.807) is 11.6 Å². The van der Waals surface area contributed by atoms with E-state index in [9.17, 15) is 26.4 Å². The molecule has 4 rings (SSSR count). The monoisotopic (exact) mass is 497 g/mol. The summed E-state index contributed by atoms with van der Waals surface area (Å²) in [5.74, 6) is -0.239. The number of carbonyl (C=O) groups is 1. The van der Waals surface area contributed by atoms with Gasteiger partial charge in [-0.15, -0.1) is 0 Å². The Balaban J connectivity index is 1.59. The zero-order valence-corrected chi connectivity index (χ0v) is 19.4. The van der Waals surface area contributed by atoms with Crippen LogP contribution in [0.5, 0.6) is 0 Å². The van der Waals surface area contributed by atoms with Gasteiger partial charge in [-0.25, -0.2) is 13.4 Å². The number of hydrogen-bond acceptors (Lipinski definition) is 5. The van der Waals surface area contributed by atoms with Gasteiger partial charge in [0.05, 0.1) is 40.4 Å². The molecular weight excluding hydrogens is 475 g/mol. The van der Waals surface area contributed by atoms with Gasteiger partial charge in [0.25, 0.3) is 0 Å². The van der Waals surface area contributed by atoms with Gasteiger partial charge in [0.1, 0.15) is 0 Å². The first-order valence-electron chi connectivity index (χ1n) is 10.2. The van der Waals surface area contributed by atoms with Crippen LogP contribution in [-0.4, -0.2) is 59.1 Å². The molecule has 2 aromatic carbocycles. The van der Waals surface area contributed by atoms with E-state index < -0.39 is 21.6 Å². The van der Waals surface area contributed by atoms with Gasteiger partial charge in [-0.05, 0) is 30.2 Å². The third-order valence-electron chi connectivity index (χ3n) is 5.70. The highest BCUT2D eigenvalue weighted by Gasteiger charge is 2.33. The van der Waals surface area contributed by atoms with E-state index in [1.807, 2.05) is 30.3 Å². The van der Waals surface area contributed by atoms with Gasteiger partial charge in [-0.2, -0.15) is 13.2 Å². The van der Waals surface area contributed by atoms with E-state index in [0.717, 1.165) is 29.5 Å². The molecule has 1 atom stereocenters. The summed E-state index contributed by atoms with van der Waals surface area (Å²) < 4.78 is 64.8. The van der Waals surface area contributed by atoms with Crippen LogP contribution < -0.4 is 0 Å². The van der Waals surface area contributed by atoms with Gasteiger partial charge in [0.15, 0.2) is 15.0 Å². The van der Waals surface area contributed by atoms with E-state index in [-0.39, 0.29) is 34.7 Å². The zero-order valence-electron chi connectivity index (χ0n) is 17.7. The molecule has 1 saturated heterocycles. The number of imidazole rings is 1. The molecule has 33 heavy (non-hydrogen) atoms. The number of hydrogen-bond donors (Lipinski definition) is 0. The van der Waals surface area contributed by atoms with Crippen molar-refractivity contribution in [2.24, 2.45) is 0 Å². The van der Waals surface area contributed by atoms with Gasteiger partial charge in [-0.1, -0.05) is 42.1 Å². The Morgan fingerprint density at radius 3 is 2.58 bits per heavy atom. The number of aromatic nitrogens is 2. The third-order valence-corrected chi connectivity index (χ3v) is 8.41. The number of thioether (sulfide) groups is 1. The van der Waals surface area contributed by atoms with Crippen molar-refractivity contribution in [2.45, 2.75) is 30.3 Å². The lowest BCUT2D eigenvalue weighted by Gasteiger charge is -2.23. The maximum atomic E-state index is 13.2. The molecule has 2 heterocycles. The van der Waals surface area contributed by atoms with Crippen LogP contribution in [0.2, 0.25) is 0 Å². The SMILES string of the molecule is CN(C(=O)CSc1nc2cc(C(F)(F)F)ccc2n1Cc1ccccc1)[C@@H]1CCS(=O)(=O)C1.